The first-order valence-corrected chi connectivity index (χ1v) is 18.2. The second-order valence-electron chi connectivity index (χ2n) is 14.8. The molecule has 11 aromatic carbocycles. The van der Waals surface area contributed by atoms with E-state index in [1.807, 2.05) is 0 Å². The monoisotopic (exact) mass is 652 g/mol. The van der Waals surface area contributed by atoms with Crippen LogP contribution in [0.5, 0.6) is 0 Å². The molecule has 0 aliphatic heterocycles. The number of fused-ring (bicyclic) bond motifs is 15. The standard InChI is InChI=1S/C52H28/c1-2-9-29(10-3-1)34-25-47-36-14-7-5-12-31(36)24-49-44-22-33-18-19-37-38(42(33)28-46(44)50(26-34)52(47)49)20-17-32-21-43-45(27-41(32)37)40-16-8-15-39-35-13-6-4-11-30(35)23-48(43)51(39)40/h1-28H. The van der Waals surface area contributed by atoms with Crippen LogP contribution in [0, 0.1) is 0 Å². The Kier molecular flexibility index (Phi) is 4.94. The van der Waals surface area contributed by atoms with Crippen LogP contribution in [0.1, 0.15) is 0 Å². The van der Waals surface area contributed by atoms with Gasteiger partial charge in [0.2, 0.25) is 0 Å². The maximum absolute atomic E-state index is 2.49. The molecule has 0 spiro atoms. The van der Waals surface area contributed by atoms with Gasteiger partial charge in [0.25, 0.3) is 0 Å². The lowest BCUT2D eigenvalue weighted by atomic mass is 9.91. The molecule has 0 heteroatoms. The smallest absolute Gasteiger partial charge is 0.00195 e. The Morgan fingerprint density at radius 2 is 0.673 bits per heavy atom. The van der Waals surface area contributed by atoms with Crippen LogP contribution in [-0.2, 0) is 0 Å². The first-order chi connectivity index (χ1) is 25.8. The molecule has 0 atom stereocenters. The quantitative estimate of drug-likeness (QED) is 0.155. The number of hydrogen-bond donors (Lipinski definition) is 0. The molecule has 0 radical (unpaired) electrons. The van der Waals surface area contributed by atoms with Crippen LogP contribution in [-0.4, -0.2) is 0 Å². The van der Waals surface area contributed by atoms with Crippen LogP contribution in [0.4, 0.5) is 0 Å². The third-order valence-electron chi connectivity index (χ3n) is 12.2. The Labute approximate surface area is 299 Å². The molecule has 11 aromatic rings. The Balaban J connectivity index is 1.08. The molecule has 0 aromatic heterocycles. The van der Waals surface area contributed by atoms with Crippen LogP contribution < -0.4 is 0 Å². The first-order valence-electron chi connectivity index (χ1n) is 18.2. The highest BCUT2D eigenvalue weighted by Gasteiger charge is 2.26. The van der Waals surface area contributed by atoms with Crippen LogP contribution in [0.15, 0.2) is 170 Å². The van der Waals surface area contributed by atoms with Gasteiger partial charge in [-0.15, -0.1) is 0 Å². The second-order valence-corrected chi connectivity index (χ2v) is 14.8. The third-order valence-corrected chi connectivity index (χ3v) is 12.2. The summed E-state index contributed by atoms with van der Waals surface area (Å²) in [5.74, 6) is 0. The molecule has 2 aliphatic rings. The fourth-order valence-electron chi connectivity index (χ4n) is 9.92. The van der Waals surface area contributed by atoms with Gasteiger partial charge in [-0.1, -0.05) is 121 Å². The first kappa shape index (κ1) is 27.0. The van der Waals surface area contributed by atoms with E-state index in [9.17, 15) is 0 Å². The summed E-state index contributed by atoms with van der Waals surface area (Å²) in [6.07, 6.45) is 0. The van der Waals surface area contributed by atoms with Crippen molar-refractivity contribution >= 4 is 75.4 Å². The van der Waals surface area contributed by atoms with Crippen LogP contribution in [0.3, 0.4) is 0 Å². The molecule has 0 bridgehead atoms. The van der Waals surface area contributed by atoms with E-state index in [4.69, 9.17) is 0 Å². The topological polar surface area (TPSA) is 0 Å². The number of rotatable bonds is 1. The normalized spacial score (nSPS) is 12.6. The molecule has 0 saturated heterocycles. The fraction of sp³-hybridized carbons (Fsp3) is 0. The molecular formula is C52H28. The van der Waals surface area contributed by atoms with Crippen molar-refractivity contribution in [1.29, 1.82) is 0 Å². The highest BCUT2D eigenvalue weighted by Crippen LogP contribution is 2.54. The molecule has 13 rings (SSSR count). The Morgan fingerprint density at radius 1 is 0.192 bits per heavy atom. The summed E-state index contributed by atoms with van der Waals surface area (Å²) in [7, 11) is 0. The summed E-state index contributed by atoms with van der Waals surface area (Å²) < 4.78 is 0. The molecule has 0 N–H and O–H groups in total. The van der Waals surface area contributed by atoms with Gasteiger partial charge in [-0.3, -0.25) is 0 Å². The van der Waals surface area contributed by atoms with Crippen molar-refractivity contribution in [3.63, 3.8) is 0 Å². The zero-order chi connectivity index (χ0) is 33.7. The van der Waals surface area contributed by atoms with Gasteiger partial charge in [0.15, 0.2) is 0 Å². The molecule has 0 heterocycles. The lowest BCUT2D eigenvalue weighted by Gasteiger charge is -2.13. The zero-order valence-electron chi connectivity index (χ0n) is 28.2. The van der Waals surface area contributed by atoms with E-state index in [2.05, 4.69) is 170 Å². The van der Waals surface area contributed by atoms with E-state index < -0.39 is 0 Å². The summed E-state index contributed by atoms with van der Waals surface area (Å²) >= 11 is 0. The zero-order valence-corrected chi connectivity index (χ0v) is 28.2. The van der Waals surface area contributed by atoms with E-state index in [-0.39, 0.29) is 0 Å². The predicted octanol–water partition coefficient (Wildman–Crippen LogP) is 14.7. The average molecular weight is 653 g/mol. The SMILES string of the molecule is c1ccc(-c2cc3c4c(cc5ccccc5c4c2)-c2cc4ccc5c6cc7c(cc6ccc5c4cc2-3)-c2cc3ccccc3c3cccc-7c23)cc1. The minimum absolute atomic E-state index is 1.25. The minimum atomic E-state index is 1.25. The van der Waals surface area contributed by atoms with Gasteiger partial charge in [0, 0.05) is 0 Å². The molecule has 0 fully saturated rings. The van der Waals surface area contributed by atoms with E-state index in [1.54, 1.807) is 0 Å². The third kappa shape index (κ3) is 3.37. The summed E-state index contributed by atoms with van der Waals surface area (Å²) in [6, 6.07) is 64.3. The number of hydrogen-bond acceptors (Lipinski definition) is 0. The second kappa shape index (κ2) is 9.51. The van der Waals surface area contributed by atoms with Crippen LogP contribution in [0.2, 0.25) is 0 Å². The highest BCUT2D eigenvalue weighted by molar-refractivity contribution is 6.29. The van der Waals surface area contributed by atoms with E-state index in [0.717, 1.165) is 0 Å². The van der Waals surface area contributed by atoms with Crippen molar-refractivity contribution in [3.05, 3.63) is 170 Å². The summed E-state index contributed by atoms with van der Waals surface area (Å²) in [4.78, 5) is 0. The molecule has 0 saturated carbocycles. The fourth-order valence-corrected chi connectivity index (χ4v) is 9.92. The lowest BCUT2D eigenvalue weighted by Crippen LogP contribution is -1.86. The minimum Gasteiger partial charge on any atom is -0.0622 e. The maximum atomic E-state index is 2.49. The molecule has 0 nitrogen and oxygen atoms in total. The van der Waals surface area contributed by atoms with E-state index in [1.165, 1.54) is 131 Å². The largest absolute Gasteiger partial charge is 0.0622 e. The Hall–Kier alpha value is -6.76. The Morgan fingerprint density at radius 3 is 1.35 bits per heavy atom. The van der Waals surface area contributed by atoms with E-state index >= 15 is 0 Å². The molecular weight excluding hydrogens is 625 g/mol. The predicted molar refractivity (Wildman–Crippen MR) is 223 cm³/mol. The van der Waals surface area contributed by atoms with Gasteiger partial charge in [0.1, 0.15) is 0 Å². The van der Waals surface area contributed by atoms with Crippen molar-refractivity contribution in [2.24, 2.45) is 0 Å². The molecule has 0 unspecified atom stereocenters. The van der Waals surface area contributed by atoms with Gasteiger partial charge < -0.3 is 0 Å². The molecule has 52 heavy (non-hydrogen) atoms. The van der Waals surface area contributed by atoms with Gasteiger partial charge in [-0.2, -0.15) is 0 Å². The maximum Gasteiger partial charge on any atom is -0.00195 e. The van der Waals surface area contributed by atoms with Crippen molar-refractivity contribution in [1.82, 2.24) is 0 Å². The highest BCUT2D eigenvalue weighted by atomic mass is 14.3. The Bertz CT molecular complexity index is 3440. The van der Waals surface area contributed by atoms with Crippen molar-refractivity contribution in [2.75, 3.05) is 0 Å². The average Bonchev–Trinajstić information content (AvgIpc) is 3.68. The van der Waals surface area contributed by atoms with Crippen molar-refractivity contribution in [3.8, 4) is 55.6 Å². The summed E-state index contributed by atoms with van der Waals surface area (Å²) in [5, 5.41) is 18.5. The van der Waals surface area contributed by atoms with Crippen LogP contribution >= 0.6 is 0 Å². The summed E-state index contributed by atoms with van der Waals surface area (Å²) in [6.45, 7) is 0. The van der Waals surface area contributed by atoms with Gasteiger partial charge >= 0.3 is 0 Å². The van der Waals surface area contributed by atoms with Crippen molar-refractivity contribution in [2.45, 2.75) is 0 Å². The molecule has 0 amide bonds. The van der Waals surface area contributed by atoms with Gasteiger partial charge in [0.05, 0.1) is 0 Å². The molecule has 236 valence electrons. The van der Waals surface area contributed by atoms with E-state index in [0.29, 0.717) is 0 Å². The van der Waals surface area contributed by atoms with Gasteiger partial charge in [-0.25, -0.2) is 0 Å². The van der Waals surface area contributed by atoms with Crippen molar-refractivity contribution < 1.29 is 0 Å². The molecule has 2 aliphatic carbocycles. The lowest BCUT2D eigenvalue weighted by molar-refractivity contribution is 1.65. The number of benzene rings is 11. The van der Waals surface area contributed by atoms with Crippen LogP contribution in [0.25, 0.3) is 131 Å². The van der Waals surface area contributed by atoms with Gasteiger partial charge in [-0.05, 0) is 180 Å². The summed E-state index contributed by atoms with van der Waals surface area (Å²) in [5.41, 5.74) is 13.2.